The number of rotatable bonds is 1. The quantitative estimate of drug-likeness (QED) is 0.202. The van der Waals surface area contributed by atoms with E-state index in [4.69, 9.17) is 91.9 Å². The molecule has 0 heterocycles. The summed E-state index contributed by atoms with van der Waals surface area (Å²) in [5.41, 5.74) is 0. The zero-order chi connectivity index (χ0) is 25.7. The molecule has 8 N–H and O–H groups in total. The Morgan fingerprint density at radius 2 is 0.500 bits per heavy atom. The van der Waals surface area contributed by atoms with Crippen molar-refractivity contribution in [2.24, 2.45) is 0 Å². The van der Waals surface area contributed by atoms with Gasteiger partial charge in [-0.05, 0) is 0 Å². The van der Waals surface area contributed by atoms with Gasteiger partial charge in [0.2, 0.25) is 6.41 Å². The maximum absolute atomic E-state index is 9.43. The fraction of sp³-hybridized carbons (Fsp3) is 0.667. The Labute approximate surface area is 206 Å². The summed E-state index contributed by atoms with van der Waals surface area (Å²) in [6, 6.07) is 0. The molecule has 0 aromatic carbocycles. The molecule has 0 fully saturated rings. The molecule has 0 rings (SSSR count). The van der Waals surface area contributed by atoms with Crippen LogP contribution < -0.4 is 12.3 Å². The van der Waals surface area contributed by atoms with E-state index in [0.29, 0.717) is 0 Å². The predicted molar refractivity (Wildman–Crippen MR) is 93.9 cm³/mol. The van der Waals surface area contributed by atoms with Gasteiger partial charge in [0.15, 0.2) is 0 Å². The Kier molecular flexibility index (Phi) is 111. The Bertz CT molecular complexity index is 354. The van der Waals surface area contributed by atoms with Crippen LogP contribution in [0, 0.1) is 134 Å². The van der Waals surface area contributed by atoms with Gasteiger partial charge in [0.1, 0.15) is 0 Å². The molecule has 0 saturated heterocycles. The Hall–Kier alpha value is -4.03. The molecule has 28 nitrogen and oxygen atoms in total. The fourth-order valence-corrected chi connectivity index (χ4v) is 0. The minimum absolute atomic E-state index is 0. The number of hydrogen-bond donors (Lipinski definition) is 2. The zero-order valence-electron chi connectivity index (χ0n) is 16.0. The maximum atomic E-state index is 9.43. The van der Waals surface area contributed by atoms with E-state index in [1.54, 1.807) is 14.1 Å². The molecule has 0 saturated carbocycles. The number of carbonyl (C=O) groups is 1. The van der Waals surface area contributed by atoms with E-state index in [9.17, 15) is 4.79 Å². The molecule has 0 unspecified atom stereocenters. The summed E-state index contributed by atoms with van der Waals surface area (Å²) in [4.78, 5) is 60.4. The average Bonchev–Trinajstić information content (AvgIpc) is 2.34. The third-order valence-corrected chi connectivity index (χ3v) is 0.211. The van der Waals surface area contributed by atoms with Crippen LogP contribution in [0.15, 0.2) is 0 Å². The van der Waals surface area contributed by atoms with Crippen molar-refractivity contribution in [3.63, 3.8) is 0 Å². The van der Waals surface area contributed by atoms with Crippen molar-refractivity contribution in [1.29, 1.82) is 0 Å². The SMILES string of the molecule is CN(C)C=O.O=[N+]([O-])[O-].O=[N+]([O-])[O-].O=[N+]([O-])[O-].O=[N+]([O-])[O-].O=[N+]([O-])[O-].O=[N+]([O-])[O-].[Ce+4].[NH4+].[NH4+]. The summed E-state index contributed by atoms with van der Waals surface area (Å²) in [6.45, 7) is 0. The van der Waals surface area contributed by atoms with Gasteiger partial charge in [-0.25, -0.2) is 0 Å². The van der Waals surface area contributed by atoms with Crippen LogP contribution in [0.2, 0.25) is 0 Å². The standard InChI is InChI=1S/C3H7NO.Ce.6NO3.2H3N/c1-4(2)3-5;;6*2-1(3)4;;/h3H,1-2H3;;;;;;;;2*1H3/q;+4;6*-1;;/p+2. The molecular formula is C3H15CeN9O19. The van der Waals surface area contributed by atoms with Gasteiger partial charge in [-0.1, -0.05) is 0 Å². The van der Waals surface area contributed by atoms with Crippen molar-refractivity contribution < 1.29 is 77.1 Å². The van der Waals surface area contributed by atoms with Gasteiger partial charge in [-0.2, -0.15) is 0 Å². The normalized spacial score (nSPS) is 5.56. The first kappa shape index (κ1) is 63.0. The molecule has 32 heavy (non-hydrogen) atoms. The largest absolute Gasteiger partial charge is 4.00 e. The first-order chi connectivity index (χ1) is 12.7. The summed E-state index contributed by atoms with van der Waals surface area (Å²) in [5.74, 6) is 0. The van der Waals surface area contributed by atoms with E-state index in [-0.39, 0.29) is 54.0 Å². The second-order valence-corrected chi connectivity index (χ2v) is 2.41. The fourth-order valence-electron chi connectivity index (χ4n) is 0. The minimum Gasteiger partial charge on any atom is -0.369 e. The van der Waals surface area contributed by atoms with E-state index >= 15 is 0 Å². The summed E-state index contributed by atoms with van der Waals surface area (Å²) >= 11 is 0. The first-order valence-electron chi connectivity index (χ1n) is 4.67. The molecule has 1 amide bonds. The Balaban J connectivity index is -0.0000000218. The Morgan fingerprint density at radius 3 is 0.500 bits per heavy atom. The van der Waals surface area contributed by atoms with Crippen molar-refractivity contribution in [2.75, 3.05) is 14.1 Å². The minimum atomic E-state index is -1.75. The van der Waals surface area contributed by atoms with Crippen LogP contribution in [0.25, 0.3) is 0 Å². The van der Waals surface area contributed by atoms with Crippen LogP contribution >= 0.6 is 0 Å². The van der Waals surface area contributed by atoms with Crippen LogP contribution in [0.4, 0.5) is 0 Å². The van der Waals surface area contributed by atoms with E-state index < -0.39 is 30.5 Å². The smallest absolute Gasteiger partial charge is 0.369 e. The number of amides is 1. The average molecular weight is 621 g/mol. The van der Waals surface area contributed by atoms with Gasteiger partial charge >= 0.3 is 41.7 Å². The molecule has 0 bridgehead atoms. The van der Waals surface area contributed by atoms with Crippen molar-refractivity contribution in [3.8, 4) is 0 Å². The second-order valence-electron chi connectivity index (χ2n) is 2.41. The van der Waals surface area contributed by atoms with E-state index in [1.807, 2.05) is 0 Å². The van der Waals surface area contributed by atoms with Gasteiger partial charge in [0.05, 0.1) is 30.5 Å². The monoisotopic (exact) mass is 621 g/mol. The van der Waals surface area contributed by atoms with Gasteiger partial charge in [0.25, 0.3) is 0 Å². The third kappa shape index (κ3) is 3910. The summed E-state index contributed by atoms with van der Waals surface area (Å²) in [7, 11) is 3.38. The molecule has 0 aromatic heterocycles. The molecule has 0 aromatic rings. The van der Waals surface area contributed by atoms with Crippen molar-refractivity contribution in [1.82, 2.24) is 17.2 Å². The van der Waals surface area contributed by atoms with Gasteiger partial charge in [-0.3, -0.25) is 4.79 Å². The molecule has 29 heteroatoms. The van der Waals surface area contributed by atoms with Crippen molar-refractivity contribution >= 4 is 6.41 Å². The molecule has 0 aliphatic heterocycles. The first-order valence-corrected chi connectivity index (χ1v) is 4.67. The van der Waals surface area contributed by atoms with Crippen LogP contribution in [-0.2, 0) is 4.79 Å². The molecule has 0 aliphatic rings. The second kappa shape index (κ2) is 56.3. The predicted octanol–water partition coefficient (Wildman–Crippen LogP) is -0.978. The number of quaternary nitrogens is 2. The van der Waals surface area contributed by atoms with Gasteiger partial charge < -0.3 is 109 Å². The van der Waals surface area contributed by atoms with Crippen LogP contribution in [-0.4, -0.2) is 55.9 Å². The Morgan fingerprint density at radius 1 is 0.469 bits per heavy atom. The summed E-state index contributed by atoms with van der Waals surface area (Å²) in [6.07, 6.45) is 0.750. The molecular weight excluding hydrogens is 606 g/mol. The maximum Gasteiger partial charge on any atom is 4.00 e. The molecule has 0 atom stereocenters. The number of hydrogen-bond acceptors (Lipinski definition) is 19. The zero-order valence-corrected chi connectivity index (χ0v) is 19.1. The van der Waals surface area contributed by atoms with Crippen molar-refractivity contribution in [3.05, 3.63) is 91.9 Å². The summed E-state index contributed by atoms with van der Waals surface area (Å²) < 4.78 is 0. The van der Waals surface area contributed by atoms with E-state index in [1.165, 1.54) is 4.90 Å². The molecule has 0 spiro atoms. The van der Waals surface area contributed by atoms with Crippen molar-refractivity contribution in [2.45, 2.75) is 0 Å². The van der Waals surface area contributed by atoms with Crippen LogP contribution in [0.3, 0.4) is 0 Å². The van der Waals surface area contributed by atoms with E-state index in [2.05, 4.69) is 0 Å². The third-order valence-electron chi connectivity index (χ3n) is 0.211. The van der Waals surface area contributed by atoms with Crippen LogP contribution in [0.1, 0.15) is 0 Å². The number of carbonyl (C=O) groups excluding carboxylic acids is 1. The molecule has 190 valence electrons. The van der Waals surface area contributed by atoms with E-state index in [0.717, 1.165) is 6.41 Å². The number of nitrogens with zero attached hydrogens (tertiary/aromatic N) is 7. The molecule has 0 radical (unpaired) electrons. The van der Waals surface area contributed by atoms with Crippen LogP contribution in [0.5, 0.6) is 0 Å². The molecule has 0 aliphatic carbocycles. The van der Waals surface area contributed by atoms with Gasteiger partial charge in [0, 0.05) is 14.1 Å². The summed E-state index contributed by atoms with van der Waals surface area (Å²) in [5, 5.41) is 88.5. The topological polar surface area (TPSA) is 491 Å². The van der Waals surface area contributed by atoms with Gasteiger partial charge in [-0.15, -0.1) is 0 Å².